The fourth-order valence-electron chi connectivity index (χ4n) is 4.44. The van der Waals surface area contributed by atoms with E-state index in [9.17, 15) is 14.4 Å². The Hall–Kier alpha value is -2.49. The number of nitrogens with zero attached hydrogens (tertiary/aromatic N) is 3. The zero-order valence-corrected chi connectivity index (χ0v) is 19.2. The highest BCUT2D eigenvalue weighted by molar-refractivity contribution is 5.99. The number of rotatable bonds is 9. The van der Waals surface area contributed by atoms with E-state index in [1.165, 1.54) is 4.57 Å². The summed E-state index contributed by atoms with van der Waals surface area (Å²) in [5, 5.41) is 7.13. The van der Waals surface area contributed by atoms with Gasteiger partial charge < -0.3 is 10.1 Å². The van der Waals surface area contributed by atoms with Gasteiger partial charge in [-0.3, -0.25) is 28.9 Å². The average molecular weight is 446 g/mol. The number of amides is 2. The molecule has 9 nitrogen and oxygen atoms in total. The summed E-state index contributed by atoms with van der Waals surface area (Å²) in [5.74, 6) is -0.727. The number of aromatic nitrogens is 2. The van der Waals surface area contributed by atoms with Crippen LogP contribution in [0.2, 0.25) is 0 Å². The normalized spacial score (nSPS) is 21.6. The van der Waals surface area contributed by atoms with Crippen LogP contribution in [0.3, 0.4) is 0 Å². The molecule has 0 spiro atoms. The molecule has 0 aliphatic carbocycles. The van der Waals surface area contributed by atoms with Gasteiger partial charge in [-0.25, -0.2) is 4.79 Å². The highest BCUT2D eigenvalue weighted by Crippen LogP contribution is 2.15. The van der Waals surface area contributed by atoms with Gasteiger partial charge in [0.25, 0.3) is 0 Å². The molecule has 2 N–H and O–H groups in total. The summed E-state index contributed by atoms with van der Waals surface area (Å²) in [6, 6.07) is -0.689. The maximum Gasteiger partial charge on any atom is 0.329 e. The van der Waals surface area contributed by atoms with Crippen molar-refractivity contribution in [3.63, 3.8) is 0 Å². The van der Waals surface area contributed by atoms with Crippen molar-refractivity contribution >= 4 is 23.5 Å². The Labute approximate surface area is 188 Å². The third-order valence-electron chi connectivity index (χ3n) is 6.17. The largest absolute Gasteiger partial charge is 0.380 e. The number of piperazine rings is 1. The van der Waals surface area contributed by atoms with Crippen molar-refractivity contribution in [2.24, 2.45) is 7.05 Å². The SMILES string of the molecule is C=C/C(CCCOCCN1CCNCC1)=c1\c(=C/C)n(C2CCC(=O)NC2=O)c(=O)n1C. The van der Waals surface area contributed by atoms with Crippen LogP contribution in [0, 0.1) is 0 Å². The first kappa shape index (κ1) is 24.2. The number of hydrogen-bond donors (Lipinski definition) is 2. The van der Waals surface area contributed by atoms with Gasteiger partial charge in [0, 0.05) is 52.8 Å². The molecule has 0 radical (unpaired) electrons. The maximum absolute atomic E-state index is 13.0. The van der Waals surface area contributed by atoms with E-state index in [2.05, 4.69) is 22.1 Å². The van der Waals surface area contributed by atoms with E-state index in [0.29, 0.717) is 31.4 Å². The second-order valence-electron chi connectivity index (χ2n) is 8.24. The lowest BCUT2D eigenvalue weighted by Crippen LogP contribution is -2.47. The minimum Gasteiger partial charge on any atom is -0.380 e. The van der Waals surface area contributed by atoms with Crippen LogP contribution >= 0.6 is 0 Å². The van der Waals surface area contributed by atoms with Gasteiger partial charge in [-0.1, -0.05) is 18.7 Å². The summed E-state index contributed by atoms with van der Waals surface area (Å²) in [5.41, 5.74) is 0.670. The molecule has 2 amide bonds. The van der Waals surface area contributed by atoms with Crippen molar-refractivity contribution in [1.82, 2.24) is 24.7 Å². The second kappa shape index (κ2) is 11.4. The van der Waals surface area contributed by atoms with E-state index in [-0.39, 0.29) is 18.0 Å². The Morgan fingerprint density at radius 1 is 1.22 bits per heavy atom. The first-order valence-electron chi connectivity index (χ1n) is 11.4. The van der Waals surface area contributed by atoms with Gasteiger partial charge in [0.2, 0.25) is 11.8 Å². The maximum atomic E-state index is 13.0. The molecule has 9 heteroatoms. The molecule has 3 heterocycles. The van der Waals surface area contributed by atoms with Crippen molar-refractivity contribution in [2.75, 3.05) is 45.9 Å². The van der Waals surface area contributed by atoms with Crippen LogP contribution in [-0.2, 0) is 21.4 Å². The fourth-order valence-corrected chi connectivity index (χ4v) is 4.44. The number of piperidine rings is 1. The first-order chi connectivity index (χ1) is 15.5. The van der Waals surface area contributed by atoms with Crippen molar-refractivity contribution < 1.29 is 14.3 Å². The molecule has 0 bridgehead atoms. The molecular formula is C23H35N5O4. The first-order valence-corrected chi connectivity index (χ1v) is 11.4. The molecule has 2 aliphatic rings. The predicted molar refractivity (Wildman–Crippen MR) is 123 cm³/mol. The van der Waals surface area contributed by atoms with E-state index in [1.807, 2.05) is 13.0 Å². The molecule has 1 unspecified atom stereocenters. The number of imidazole rings is 1. The molecule has 1 aromatic rings. The topological polar surface area (TPSA) is 97.6 Å². The van der Waals surface area contributed by atoms with Crippen molar-refractivity contribution in [3.8, 4) is 0 Å². The molecule has 2 fully saturated rings. The molecule has 1 aromatic heterocycles. The quantitative estimate of drug-likeness (QED) is 0.374. The molecule has 2 saturated heterocycles. The number of carbonyl (C=O) groups is 2. The number of hydrogen-bond acceptors (Lipinski definition) is 6. The van der Waals surface area contributed by atoms with Crippen LogP contribution in [0.25, 0.3) is 11.6 Å². The minimum absolute atomic E-state index is 0.222. The van der Waals surface area contributed by atoms with E-state index >= 15 is 0 Å². The molecule has 176 valence electrons. The molecule has 3 rings (SSSR count). The van der Waals surface area contributed by atoms with E-state index in [4.69, 9.17) is 4.74 Å². The summed E-state index contributed by atoms with van der Waals surface area (Å²) >= 11 is 0. The molecule has 0 saturated carbocycles. The van der Waals surface area contributed by atoms with Crippen LogP contribution in [0.1, 0.15) is 38.6 Å². The average Bonchev–Trinajstić information content (AvgIpc) is 3.04. The third-order valence-corrected chi connectivity index (χ3v) is 6.17. The lowest BCUT2D eigenvalue weighted by molar-refractivity contribution is -0.135. The number of imide groups is 1. The predicted octanol–water partition coefficient (Wildman–Crippen LogP) is -0.996. The Balaban J connectivity index is 1.71. The summed E-state index contributed by atoms with van der Waals surface area (Å²) in [7, 11) is 1.71. The lowest BCUT2D eigenvalue weighted by Gasteiger charge is -2.26. The minimum atomic E-state index is -0.689. The highest BCUT2D eigenvalue weighted by Gasteiger charge is 2.30. The number of ether oxygens (including phenoxy) is 1. The van der Waals surface area contributed by atoms with Gasteiger partial charge >= 0.3 is 5.69 Å². The summed E-state index contributed by atoms with van der Waals surface area (Å²) in [4.78, 5) is 39.4. The van der Waals surface area contributed by atoms with Crippen molar-refractivity contribution in [2.45, 2.75) is 38.6 Å². The summed E-state index contributed by atoms with van der Waals surface area (Å²) in [6.07, 6.45) is 5.68. The molecule has 1 atom stereocenters. The Bertz CT molecular complexity index is 1020. The van der Waals surface area contributed by atoms with Crippen LogP contribution in [0.5, 0.6) is 0 Å². The fraction of sp³-hybridized carbons (Fsp3) is 0.609. The van der Waals surface area contributed by atoms with Gasteiger partial charge in [0.15, 0.2) is 0 Å². The number of nitrogens with one attached hydrogen (secondary N) is 2. The highest BCUT2D eigenvalue weighted by atomic mass is 16.5. The standard InChI is InChI=1S/C23H35N5O4/c1-4-17(7-6-15-32-16-14-27-12-10-24-11-13-27)21-18(5-2)28(23(31)26(21)3)19-8-9-20(29)25-22(19)30/h4-5,19,24H,1,6-16H2,2-3H3,(H,25,29,30)/b18-5+,21-17-. The molecule has 32 heavy (non-hydrogen) atoms. The van der Waals surface area contributed by atoms with Gasteiger partial charge in [0.1, 0.15) is 6.04 Å². The zero-order valence-electron chi connectivity index (χ0n) is 19.2. The zero-order chi connectivity index (χ0) is 23.1. The van der Waals surface area contributed by atoms with Crippen LogP contribution in [0.4, 0.5) is 0 Å². The van der Waals surface area contributed by atoms with E-state index in [1.54, 1.807) is 17.7 Å². The van der Waals surface area contributed by atoms with Gasteiger partial charge in [0.05, 0.1) is 17.3 Å². The second-order valence-corrected chi connectivity index (χ2v) is 8.24. The number of carbonyl (C=O) groups excluding carboxylic acids is 2. The summed E-state index contributed by atoms with van der Waals surface area (Å²) in [6.45, 7) is 12.3. The van der Waals surface area contributed by atoms with E-state index in [0.717, 1.165) is 50.1 Å². The van der Waals surface area contributed by atoms with Gasteiger partial charge in [-0.15, -0.1) is 0 Å². The Morgan fingerprint density at radius 2 is 1.97 bits per heavy atom. The third kappa shape index (κ3) is 5.46. The molecule has 2 aliphatic heterocycles. The van der Waals surface area contributed by atoms with Crippen molar-refractivity contribution in [1.29, 1.82) is 0 Å². The Morgan fingerprint density at radius 3 is 2.62 bits per heavy atom. The van der Waals surface area contributed by atoms with Crippen LogP contribution in [-0.4, -0.2) is 71.8 Å². The smallest absolute Gasteiger partial charge is 0.329 e. The van der Waals surface area contributed by atoms with Crippen LogP contribution < -0.4 is 27.0 Å². The van der Waals surface area contributed by atoms with Gasteiger partial charge in [-0.2, -0.15) is 0 Å². The van der Waals surface area contributed by atoms with Crippen LogP contribution in [0.15, 0.2) is 17.4 Å². The number of allylic oxidation sites excluding steroid dienone is 1. The Kier molecular flexibility index (Phi) is 8.60. The molecular weight excluding hydrogens is 410 g/mol. The molecule has 0 aromatic carbocycles. The monoisotopic (exact) mass is 445 g/mol. The lowest BCUT2D eigenvalue weighted by atomic mass is 10.1. The van der Waals surface area contributed by atoms with Crippen molar-refractivity contribution in [3.05, 3.63) is 33.8 Å². The summed E-state index contributed by atoms with van der Waals surface area (Å²) < 4.78 is 8.90. The van der Waals surface area contributed by atoms with Gasteiger partial charge in [-0.05, 0) is 31.8 Å². The van der Waals surface area contributed by atoms with E-state index < -0.39 is 11.9 Å².